The normalized spacial score (nSPS) is 12.2. The zero-order valence-electron chi connectivity index (χ0n) is 12.5. The quantitative estimate of drug-likeness (QED) is 0.874. The highest BCUT2D eigenvalue weighted by molar-refractivity contribution is 5.40. The molecule has 0 aliphatic heterocycles. The van der Waals surface area contributed by atoms with Crippen LogP contribution >= 0.6 is 0 Å². The predicted octanol–water partition coefficient (Wildman–Crippen LogP) is 4.38. The average Bonchev–Trinajstić information content (AvgIpc) is 2.44. The van der Waals surface area contributed by atoms with Gasteiger partial charge in [0.05, 0.1) is 0 Å². The Balaban J connectivity index is 2.15. The van der Waals surface area contributed by atoms with Gasteiger partial charge in [-0.05, 0) is 61.6 Å². The molecule has 1 unspecified atom stereocenters. The van der Waals surface area contributed by atoms with Crippen molar-refractivity contribution in [3.63, 3.8) is 0 Å². The summed E-state index contributed by atoms with van der Waals surface area (Å²) in [6, 6.07) is 14.5. The zero-order valence-corrected chi connectivity index (χ0v) is 12.5. The van der Waals surface area contributed by atoms with Gasteiger partial charge >= 0.3 is 0 Å². The van der Waals surface area contributed by atoms with Crippen LogP contribution < -0.4 is 10.5 Å². The van der Waals surface area contributed by atoms with Gasteiger partial charge in [0.15, 0.2) is 0 Å². The minimum Gasteiger partial charge on any atom is -0.457 e. The number of rotatable bonds is 5. The van der Waals surface area contributed by atoms with E-state index in [1.807, 2.05) is 24.3 Å². The molecule has 0 bridgehead atoms. The fraction of sp³-hybridized carbons (Fsp3) is 0.333. The van der Waals surface area contributed by atoms with Crippen LogP contribution in [-0.2, 0) is 6.42 Å². The molecule has 106 valence electrons. The topological polar surface area (TPSA) is 35.2 Å². The van der Waals surface area contributed by atoms with Crippen molar-refractivity contribution >= 4 is 0 Å². The third kappa shape index (κ3) is 3.61. The Hall–Kier alpha value is -1.80. The average molecular weight is 269 g/mol. The van der Waals surface area contributed by atoms with Gasteiger partial charge in [-0.3, -0.25) is 0 Å². The van der Waals surface area contributed by atoms with Crippen molar-refractivity contribution in [2.45, 2.75) is 39.7 Å². The molecule has 2 N–H and O–H groups in total. The van der Waals surface area contributed by atoms with E-state index < -0.39 is 0 Å². The molecule has 20 heavy (non-hydrogen) atoms. The number of nitrogens with two attached hydrogens (primary N) is 1. The molecule has 0 aromatic heterocycles. The molecule has 0 fully saturated rings. The smallest absolute Gasteiger partial charge is 0.130 e. The molecule has 0 aliphatic rings. The third-order valence-corrected chi connectivity index (χ3v) is 3.64. The van der Waals surface area contributed by atoms with E-state index in [9.17, 15) is 0 Å². The Morgan fingerprint density at radius 3 is 2.45 bits per heavy atom. The number of hydrogen-bond donors (Lipinski definition) is 1. The van der Waals surface area contributed by atoms with Crippen LogP contribution in [0, 0.1) is 13.8 Å². The minimum absolute atomic E-state index is 0.233. The molecule has 0 heterocycles. The Bertz CT molecular complexity index is 577. The second kappa shape index (κ2) is 6.58. The maximum absolute atomic E-state index is 6.02. The van der Waals surface area contributed by atoms with Gasteiger partial charge in [0.1, 0.15) is 11.5 Å². The van der Waals surface area contributed by atoms with Crippen LogP contribution in [0.15, 0.2) is 42.5 Å². The number of aryl methyl sites for hydroxylation is 2. The lowest BCUT2D eigenvalue weighted by Crippen LogP contribution is -2.21. The molecular formula is C18H23NO. The van der Waals surface area contributed by atoms with Crippen molar-refractivity contribution in [2.24, 2.45) is 5.73 Å². The first-order valence-electron chi connectivity index (χ1n) is 7.18. The molecule has 0 amide bonds. The van der Waals surface area contributed by atoms with Crippen molar-refractivity contribution in [3.05, 3.63) is 59.2 Å². The zero-order chi connectivity index (χ0) is 14.5. The third-order valence-electron chi connectivity index (χ3n) is 3.64. The van der Waals surface area contributed by atoms with Crippen molar-refractivity contribution in [1.82, 2.24) is 0 Å². The molecule has 2 aromatic rings. The summed E-state index contributed by atoms with van der Waals surface area (Å²) in [5.41, 5.74) is 9.70. The van der Waals surface area contributed by atoms with Crippen LogP contribution in [0.5, 0.6) is 11.5 Å². The Kier molecular flexibility index (Phi) is 4.80. The van der Waals surface area contributed by atoms with Gasteiger partial charge in [0.2, 0.25) is 0 Å². The molecular weight excluding hydrogens is 246 g/mol. The SMILES string of the molecule is CCC(N)Cc1ccc(Oc2ccccc2C)cc1C. The Morgan fingerprint density at radius 1 is 1.05 bits per heavy atom. The van der Waals surface area contributed by atoms with Gasteiger partial charge in [0.25, 0.3) is 0 Å². The van der Waals surface area contributed by atoms with E-state index in [2.05, 4.69) is 39.0 Å². The first-order chi connectivity index (χ1) is 9.60. The number of benzene rings is 2. The number of hydrogen-bond acceptors (Lipinski definition) is 2. The molecule has 1 atom stereocenters. The predicted molar refractivity (Wildman–Crippen MR) is 84.4 cm³/mol. The van der Waals surface area contributed by atoms with Crippen molar-refractivity contribution in [2.75, 3.05) is 0 Å². The molecule has 0 spiro atoms. The molecule has 2 heteroatoms. The lowest BCUT2D eigenvalue weighted by molar-refractivity contribution is 0.478. The van der Waals surface area contributed by atoms with E-state index in [4.69, 9.17) is 10.5 Å². The molecule has 0 aliphatic carbocycles. The molecule has 2 nitrogen and oxygen atoms in total. The second-order valence-electron chi connectivity index (χ2n) is 5.33. The van der Waals surface area contributed by atoms with Gasteiger partial charge in [-0.25, -0.2) is 0 Å². The molecule has 0 saturated heterocycles. The number of ether oxygens (including phenoxy) is 1. The fourth-order valence-corrected chi connectivity index (χ4v) is 2.19. The fourth-order valence-electron chi connectivity index (χ4n) is 2.19. The summed E-state index contributed by atoms with van der Waals surface area (Å²) in [5.74, 6) is 1.79. The van der Waals surface area contributed by atoms with Gasteiger partial charge in [-0.2, -0.15) is 0 Å². The Morgan fingerprint density at radius 2 is 1.80 bits per heavy atom. The largest absolute Gasteiger partial charge is 0.457 e. The highest BCUT2D eigenvalue weighted by atomic mass is 16.5. The highest BCUT2D eigenvalue weighted by Crippen LogP contribution is 2.26. The monoisotopic (exact) mass is 269 g/mol. The van der Waals surface area contributed by atoms with E-state index in [-0.39, 0.29) is 6.04 Å². The van der Waals surface area contributed by atoms with E-state index in [0.29, 0.717) is 0 Å². The van der Waals surface area contributed by atoms with Crippen LogP contribution in [-0.4, -0.2) is 6.04 Å². The summed E-state index contributed by atoms with van der Waals surface area (Å²) in [6.45, 7) is 6.29. The summed E-state index contributed by atoms with van der Waals surface area (Å²) >= 11 is 0. The van der Waals surface area contributed by atoms with E-state index in [1.165, 1.54) is 11.1 Å². The van der Waals surface area contributed by atoms with E-state index >= 15 is 0 Å². The lowest BCUT2D eigenvalue weighted by Gasteiger charge is -2.14. The molecule has 0 radical (unpaired) electrons. The van der Waals surface area contributed by atoms with Crippen molar-refractivity contribution < 1.29 is 4.74 Å². The maximum Gasteiger partial charge on any atom is 0.130 e. The highest BCUT2D eigenvalue weighted by Gasteiger charge is 2.07. The van der Waals surface area contributed by atoms with Gasteiger partial charge in [-0.1, -0.05) is 31.2 Å². The van der Waals surface area contributed by atoms with E-state index in [1.54, 1.807) is 0 Å². The summed E-state index contributed by atoms with van der Waals surface area (Å²) in [7, 11) is 0. The number of para-hydroxylation sites is 1. The molecule has 2 aromatic carbocycles. The van der Waals surface area contributed by atoms with E-state index in [0.717, 1.165) is 29.9 Å². The van der Waals surface area contributed by atoms with Crippen LogP contribution in [0.25, 0.3) is 0 Å². The summed E-state index contributed by atoms with van der Waals surface area (Å²) in [6.07, 6.45) is 1.92. The van der Waals surface area contributed by atoms with Gasteiger partial charge in [0, 0.05) is 6.04 Å². The van der Waals surface area contributed by atoms with Gasteiger partial charge < -0.3 is 10.5 Å². The standard InChI is InChI=1S/C18H23NO/c1-4-16(19)12-15-9-10-17(11-14(15)3)20-18-8-6-5-7-13(18)2/h5-11,16H,4,12,19H2,1-3H3. The van der Waals surface area contributed by atoms with Crippen molar-refractivity contribution in [1.29, 1.82) is 0 Å². The summed E-state index contributed by atoms with van der Waals surface area (Å²) in [4.78, 5) is 0. The van der Waals surface area contributed by atoms with Gasteiger partial charge in [-0.15, -0.1) is 0 Å². The van der Waals surface area contributed by atoms with Crippen molar-refractivity contribution in [3.8, 4) is 11.5 Å². The first kappa shape index (κ1) is 14.6. The minimum atomic E-state index is 0.233. The summed E-state index contributed by atoms with van der Waals surface area (Å²) in [5, 5.41) is 0. The second-order valence-corrected chi connectivity index (χ2v) is 5.33. The lowest BCUT2D eigenvalue weighted by atomic mass is 10.00. The molecule has 0 saturated carbocycles. The Labute approximate surface area is 121 Å². The van der Waals surface area contributed by atoms with Crippen LogP contribution in [0.3, 0.4) is 0 Å². The first-order valence-corrected chi connectivity index (χ1v) is 7.18. The van der Waals surface area contributed by atoms with Crippen LogP contribution in [0.4, 0.5) is 0 Å². The van der Waals surface area contributed by atoms with Crippen LogP contribution in [0.2, 0.25) is 0 Å². The molecule has 2 rings (SSSR count). The maximum atomic E-state index is 6.02. The summed E-state index contributed by atoms with van der Waals surface area (Å²) < 4.78 is 5.95. The van der Waals surface area contributed by atoms with Crippen LogP contribution in [0.1, 0.15) is 30.0 Å².